The van der Waals surface area contributed by atoms with E-state index < -0.39 is 42.3 Å². The Hall–Kier alpha value is -1.51. The number of nitrogens with zero attached hydrogens (tertiary/aromatic N) is 1. The monoisotopic (exact) mass is 539 g/mol. The van der Waals surface area contributed by atoms with Crippen molar-refractivity contribution in [2.75, 3.05) is 0 Å². The summed E-state index contributed by atoms with van der Waals surface area (Å²) in [5, 5.41) is -0.630. The summed E-state index contributed by atoms with van der Waals surface area (Å²) in [6.07, 6.45) is -0.623. The molecule has 29 heavy (non-hydrogen) atoms. The molecule has 5 nitrogen and oxygen atoms in total. The van der Waals surface area contributed by atoms with E-state index in [1.165, 1.54) is 4.90 Å². The molecule has 0 aliphatic carbocycles. The molecule has 152 valence electrons. The maximum absolute atomic E-state index is 13.3. The fourth-order valence-electron chi connectivity index (χ4n) is 3.88. The molecule has 8 heteroatoms. The molecule has 2 fully saturated rings. The number of amides is 1. The number of esters is 1. The van der Waals surface area contributed by atoms with Crippen molar-refractivity contribution in [2.24, 2.45) is 0 Å². The van der Waals surface area contributed by atoms with Crippen LogP contribution in [0.25, 0.3) is 0 Å². The van der Waals surface area contributed by atoms with Crippen LogP contribution in [-0.2, 0) is 25.1 Å². The van der Waals surface area contributed by atoms with Crippen molar-refractivity contribution in [2.45, 2.75) is 39.3 Å². The van der Waals surface area contributed by atoms with Crippen LogP contribution in [0, 0.1) is 0 Å². The third-order valence-electron chi connectivity index (χ3n) is 5.40. The Morgan fingerprint density at radius 1 is 1.03 bits per heavy atom. The zero-order valence-electron chi connectivity index (χ0n) is 15.7. The lowest BCUT2D eigenvalue weighted by atomic mass is 9.97. The van der Waals surface area contributed by atoms with E-state index in [9.17, 15) is 13.8 Å². The van der Waals surface area contributed by atoms with E-state index >= 15 is 0 Å². The molecular weight excluding hydrogens is 522 g/mol. The number of ether oxygens (including phenoxy) is 1. The first-order valence-electron chi connectivity index (χ1n) is 9.09. The van der Waals surface area contributed by atoms with E-state index in [-0.39, 0.29) is 5.91 Å². The first kappa shape index (κ1) is 20.8. The second-order valence-electron chi connectivity index (χ2n) is 7.63. The van der Waals surface area contributed by atoms with Crippen LogP contribution in [0.5, 0.6) is 0 Å². The maximum atomic E-state index is 13.3. The second kappa shape index (κ2) is 7.32. The van der Waals surface area contributed by atoms with Gasteiger partial charge in [0.2, 0.25) is 0 Å². The van der Waals surface area contributed by atoms with Crippen LogP contribution in [0.2, 0.25) is 0 Å². The highest BCUT2D eigenvalue weighted by molar-refractivity contribution is 9.26. The van der Waals surface area contributed by atoms with Crippen LogP contribution in [-0.4, -0.2) is 40.4 Å². The fourth-order valence-corrected chi connectivity index (χ4v) is 7.55. The summed E-state index contributed by atoms with van der Waals surface area (Å²) in [5.41, 5.74) is 1.65. The first-order valence-corrected chi connectivity index (χ1v) is 11.9. The molecule has 0 N–H and O–H groups in total. The minimum absolute atomic E-state index is 0.320. The van der Waals surface area contributed by atoms with E-state index in [0.717, 1.165) is 11.1 Å². The lowest BCUT2D eigenvalue weighted by Crippen LogP contribution is -2.69. The van der Waals surface area contributed by atoms with E-state index in [1.54, 1.807) is 13.8 Å². The SMILES string of the molecule is CC1(C)[C@@H](C(=O)OC(c2ccccc2)c2ccccc2)N2C(=O)C(Br)(Br)[C@@H]2[S@@]1=O. The Morgan fingerprint density at radius 3 is 2.00 bits per heavy atom. The second-order valence-corrected chi connectivity index (χ2v) is 13.3. The summed E-state index contributed by atoms with van der Waals surface area (Å²) in [6.45, 7) is 3.47. The summed E-state index contributed by atoms with van der Waals surface area (Å²) in [7, 11) is -1.46. The first-order chi connectivity index (χ1) is 13.7. The molecule has 2 aliphatic rings. The molecule has 2 aromatic rings. The zero-order chi connectivity index (χ0) is 21.0. The lowest BCUT2D eigenvalue weighted by Gasteiger charge is -2.46. The molecule has 2 saturated heterocycles. The number of benzene rings is 2. The van der Waals surface area contributed by atoms with Crippen LogP contribution in [0.4, 0.5) is 0 Å². The molecule has 0 spiro atoms. The highest BCUT2D eigenvalue weighted by Gasteiger charge is 2.73. The van der Waals surface area contributed by atoms with Gasteiger partial charge in [0.25, 0.3) is 5.91 Å². The quantitative estimate of drug-likeness (QED) is 0.335. The van der Waals surface area contributed by atoms with Crippen molar-refractivity contribution >= 4 is 54.5 Å². The number of fused-ring (bicyclic) bond motifs is 1. The highest BCUT2D eigenvalue weighted by Crippen LogP contribution is 2.55. The molecule has 0 unspecified atom stereocenters. The van der Waals surface area contributed by atoms with E-state index in [0.29, 0.717) is 0 Å². The summed E-state index contributed by atoms with van der Waals surface area (Å²) >= 11 is 6.62. The Morgan fingerprint density at radius 2 is 1.52 bits per heavy atom. The number of carbonyl (C=O) groups is 2. The van der Waals surface area contributed by atoms with Gasteiger partial charge < -0.3 is 9.64 Å². The number of alkyl halides is 2. The molecular formula is C21H19Br2NO4S. The smallest absolute Gasteiger partial charge is 0.331 e. The minimum atomic E-state index is -1.46. The Balaban J connectivity index is 1.68. The topological polar surface area (TPSA) is 63.7 Å². The van der Waals surface area contributed by atoms with Crippen molar-refractivity contribution < 1.29 is 18.5 Å². The van der Waals surface area contributed by atoms with Crippen LogP contribution in [0.15, 0.2) is 60.7 Å². The number of rotatable bonds is 4. The van der Waals surface area contributed by atoms with Crippen LogP contribution < -0.4 is 0 Å². The van der Waals surface area contributed by atoms with Crippen molar-refractivity contribution in [3.63, 3.8) is 0 Å². The number of carbonyl (C=O) groups excluding carboxylic acids is 2. The minimum Gasteiger partial charge on any atom is -0.451 e. The normalized spacial score (nSPS) is 26.7. The number of hydrogen-bond acceptors (Lipinski definition) is 4. The Labute approximate surface area is 188 Å². The van der Waals surface area contributed by atoms with E-state index in [4.69, 9.17) is 4.74 Å². The third-order valence-corrected chi connectivity index (χ3v) is 9.80. The summed E-state index contributed by atoms with van der Waals surface area (Å²) in [6, 6.07) is 17.9. The molecule has 1 amide bonds. The van der Waals surface area contributed by atoms with Gasteiger partial charge in [-0.25, -0.2) is 4.79 Å². The average molecular weight is 541 g/mol. The predicted octanol–water partition coefficient (Wildman–Crippen LogP) is 3.88. The lowest BCUT2D eigenvalue weighted by molar-refractivity contribution is -0.164. The maximum Gasteiger partial charge on any atom is 0.331 e. The molecule has 0 aromatic heterocycles. The van der Waals surface area contributed by atoms with Gasteiger partial charge in [0.15, 0.2) is 9.34 Å². The van der Waals surface area contributed by atoms with Gasteiger partial charge in [-0.3, -0.25) is 9.00 Å². The van der Waals surface area contributed by atoms with Gasteiger partial charge in [-0.1, -0.05) is 92.5 Å². The van der Waals surface area contributed by atoms with E-state index in [1.807, 2.05) is 60.7 Å². The molecule has 2 aliphatic heterocycles. The van der Waals surface area contributed by atoms with Gasteiger partial charge in [-0.15, -0.1) is 0 Å². The summed E-state index contributed by atoms with van der Waals surface area (Å²) < 4.78 is 17.0. The van der Waals surface area contributed by atoms with Gasteiger partial charge in [0, 0.05) is 0 Å². The largest absolute Gasteiger partial charge is 0.451 e. The average Bonchev–Trinajstić information content (AvgIpc) is 2.92. The van der Waals surface area contributed by atoms with Gasteiger partial charge in [-0.05, 0) is 25.0 Å². The van der Waals surface area contributed by atoms with E-state index in [2.05, 4.69) is 31.9 Å². The van der Waals surface area contributed by atoms with Gasteiger partial charge >= 0.3 is 5.97 Å². The number of hydrogen-bond donors (Lipinski definition) is 0. The van der Waals surface area contributed by atoms with Crippen LogP contribution in [0.1, 0.15) is 31.1 Å². The summed E-state index contributed by atoms with van der Waals surface area (Å²) in [4.78, 5) is 27.3. The third kappa shape index (κ3) is 3.20. The van der Waals surface area contributed by atoms with Gasteiger partial charge in [0.05, 0.1) is 15.5 Å². The van der Waals surface area contributed by atoms with Crippen molar-refractivity contribution in [3.8, 4) is 0 Å². The van der Waals surface area contributed by atoms with Crippen molar-refractivity contribution in [3.05, 3.63) is 71.8 Å². The molecule has 4 rings (SSSR count). The highest BCUT2D eigenvalue weighted by atomic mass is 79.9. The molecule has 2 aromatic carbocycles. The standard InChI is InChI=1S/C21H19Br2NO4S/c1-20(2)16(24-18(26)21(22,23)19(24)29(20)27)17(25)28-15(13-9-5-3-6-10-13)14-11-7-4-8-12-14/h3-12,15-16,19H,1-2H3/t16-,19+,29+/m1/s1. The van der Waals surface area contributed by atoms with Crippen LogP contribution in [0.3, 0.4) is 0 Å². The van der Waals surface area contributed by atoms with Gasteiger partial charge in [0.1, 0.15) is 11.4 Å². The zero-order valence-corrected chi connectivity index (χ0v) is 19.7. The molecule has 0 bridgehead atoms. The van der Waals surface area contributed by atoms with Crippen molar-refractivity contribution in [1.82, 2.24) is 4.90 Å². The summed E-state index contributed by atoms with van der Waals surface area (Å²) in [5.74, 6) is -0.883. The van der Waals surface area contributed by atoms with Gasteiger partial charge in [-0.2, -0.15) is 0 Å². The molecule has 0 saturated carbocycles. The fraction of sp³-hybridized carbons (Fsp3) is 0.333. The predicted molar refractivity (Wildman–Crippen MR) is 118 cm³/mol. The van der Waals surface area contributed by atoms with Crippen molar-refractivity contribution in [1.29, 1.82) is 0 Å². The Kier molecular flexibility index (Phi) is 5.24. The van der Waals surface area contributed by atoms with Crippen LogP contribution >= 0.6 is 31.9 Å². The molecule has 3 atom stereocenters. The Bertz CT molecular complexity index is 941. The number of β-lactam (4-membered cyclic amide) rings is 1. The molecule has 2 heterocycles. The molecule has 0 radical (unpaired) electrons. The number of halogens is 2.